The third-order valence-electron chi connectivity index (χ3n) is 6.30. The molecule has 0 aromatic heterocycles. The SMILES string of the molecule is CC1(C)[C@H]2c3ccccc3C(C#N)=C3COC[C@]1(C)C32. The first-order chi connectivity index (χ1) is 9.52. The molecule has 2 aliphatic carbocycles. The summed E-state index contributed by atoms with van der Waals surface area (Å²) in [6, 6.07) is 10.9. The van der Waals surface area contributed by atoms with E-state index >= 15 is 0 Å². The molecule has 1 aromatic carbocycles. The van der Waals surface area contributed by atoms with E-state index in [1.54, 1.807) is 0 Å². The highest BCUT2D eigenvalue weighted by molar-refractivity contribution is 5.85. The third-order valence-corrected chi connectivity index (χ3v) is 6.30. The van der Waals surface area contributed by atoms with Crippen molar-refractivity contribution in [3.05, 3.63) is 41.0 Å². The summed E-state index contributed by atoms with van der Waals surface area (Å²) >= 11 is 0. The highest BCUT2D eigenvalue weighted by Gasteiger charge is 2.68. The lowest BCUT2D eigenvalue weighted by atomic mass is 9.35. The Bertz CT molecular complexity index is 679. The number of nitriles is 1. The van der Waals surface area contributed by atoms with Crippen molar-refractivity contribution in [1.29, 1.82) is 5.26 Å². The van der Waals surface area contributed by atoms with Gasteiger partial charge in [0.15, 0.2) is 0 Å². The lowest BCUT2D eigenvalue weighted by Crippen LogP contribution is -2.65. The lowest BCUT2D eigenvalue weighted by molar-refractivity contribution is -0.185. The van der Waals surface area contributed by atoms with Crippen LogP contribution >= 0.6 is 0 Å². The second-order valence-electron chi connectivity index (χ2n) is 7.19. The topological polar surface area (TPSA) is 33.0 Å². The van der Waals surface area contributed by atoms with Gasteiger partial charge in [-0.2, -0.15) is 5.26 Å². The molecule has 1 heterocycles. The summed E-state index contributed by atoms with van der Waals surface area (Å²) in [4.78, 5) is 0. The van der Waals surface area contributed by atoms with Crippen molar-refractivity contribution >= 4 is 5.57 Å². The smallest absolute Gasteiger partial charge is 0.0998 e. The molecule has 0 radical (unpaired) electrons. The first-order valence-electron chi connectivity index (χ1n) is 7.32. The minimum atomic E-state index is 0.154. The highest BCUT2D eigenvalue weighted by Crippen LogP contribution is 2.74. The Morgan fingerprint density at radius 1 is 1.20 bits per heavy atom. The Labute approximate surface area is 120 Å². The molecule has 2 nitrogen and oxygen atoms in total. The van der Waals surface area contributed by atoms with E-state index < -0.39 is 0 Å². The van der Waals surface area contributed by atoms with Gasteiger partial charge in [0.1, 0.15) is 0 Å². The molecule has 3 atom stereocenters. The van der Waals surface area contributed by atoms with E-state index in [9.17, 15) is 5.26 Å². The van der Waals surface area contributed by atoms with Gasteiger partial charge in [-0.15, -0.1) is 0 Å². The summed E-state index contributed by atoms with van der Waals surface area (Å²) in [6.07, 6.45) is 0. The largest absolute Gasteiger partial charge is 0.376 e. The third kappa shape index (κ3) is 1.10. The van der Waals surface area contributed by atoms with Crippen molar-refractivity contribution in [3.63, 3.8) is 0 Å². The molecule has 1 aromatic rings. The molecule has 1 unspecified atom stereocenters. The number of ether oxygens (including phenoxy) is 1. The summed E-state index contributed by atoms with van der Waals surface area (Å²) in [5, 5.41) is 9.63. The van der Waals surface area contributed by atoms with Gasteiger partial charge in [0, 0.05) is 5.41 Å². The number of benzene rings is 1. The molecule has 1 saturated heterocycles. The first kappa shape index (κ1) is 12.2. The van der Waals surface area contributed by atoms with Gasteiger partial charge in [-0.1, -0.05) is 45.0 Å². The molecule has 0 N–H and O–H groups in total. The van der Waals surface area contributed by atoms with Crippen molar-refractivity contribution in [2.24, 2.45) is 16.7 Å². The number of hydrogen-bond acceptors (Lipinski definition) is 2. The molecule has 2 fully saturated rings. The highest BCUT2D eigenvalue weighted by atomic mass is 16.5. The predicted octanol–water partition coefficient (Wildman–Crippen LogP) is 3.75. The van der Waals surface area contributed by atoms with E-state index in [-0.39, 0.29) is 10.8 Å². The molecule has 0 spiro atoms. The van der Waals surface area contributed by atoms with Crippen LogP contribution in [0.25, 0.3) is 5.57 Å². The fraction of sp³-hybridized carbons (Fsp3) is 0.500. The van der Waals surface area contributed by atoms with E-state index in [4.69, 9.17) is 4.74 Å². The first-order valence-corrected chi connectivity index (χ1v) is 7.32. The van der Waals surface area contributed by atoms with Crippen molar-refractivity contribution in [2.45, 2.75) is 26.7 Å². The van der Waals surface area contributed by atoms with Crippen LogP contribution in [0.2, 0.25) is 0 Å². The van der Waals surface area contributed by atoms with Gasteiger partial charge in [-0.05, 0) is 34.0 Å². The Hall–Kier alpha value is -1.59. The Balaban J connectivity index is 2.03. The summed E-state index contributed by atoms with van der Waals surface area (Å²) in [7, 11) is 0. The molecule has 1 saturated carbocycles. The Kier molecular flexibility index (Phi) is 2.15. The maximum Gasteiger partial charge on any atom is 0.0998 e. The van der Waals surface area contributed by atoms with Gasteiger partial charge in [-0.25, -0.2) is 0 Å². The molecule has 0 amide bonds. The van der Waals surface area contributed by atoms with Crippen LogP contribution in [-0.2, 0) is 4.74 Å². The fourth-order valence-electron chi connectivity index (χ4n) is 4.87. The number of fused-ring (bicyclic) bond motifs is 2. The van der Waals surface area contributed by atoms with E-state index in [1.807, 2.05) is 6.07 Å². The van der Waals surface area contributed by atoms with E-state index in [1.165, 1.54) is 11.1 Å². The summed E-state index contributed by atoms with van der Waals surface area (Å²) < 4.78 is 5.87. The number of rotatable bonds is 0. The maximum atomic E-state index is 9.63. The van der Waals surface area contributed by atoms with Gasteiger partial charge in [-0.3, -0.25) is 0 Å². The fourth-order valence-corrected chi connectivity index (χ4v) is 4.87. The van der Waals surface area contributed by atoms with Gasteiger partial charge in [0.05, 0.1) is 24.9 Å². The van der Waals surface area contributed by atoms with Crippen molar-refractivity contribution < 1.29 is 4.74 Å². The molecule has 0 bridgehead atoms. The van der Waals surface area contributed by atoms with Crippen molar-refractivity contribution in [1.82, 2.24) is 0 Å². The molecular weight excluding hydrogens is 246 g/mol. The molecule has 4 rings (SSSR count). The van der Waals surface area contributed by atoms with E-state index in [2.05, 4.69) is 45.0 Å². The maximum absolute atomic E-state index is 9.63. The van der Waals surface area contributed by atoms with Crippen LogP contribution in [0.15, 0.2) is 29.8 Å². The predicted molar refractivity (Wildman–Crippen MR) is 77.9 cm³/mol. The van der Waals surface area contributed by atoms with Crippen LogP contribution in [0.3, 0.4) is 0 Å². The zero-order valence-corrected chi connectivity index (χ0v) is 12.2. The van der Waals surface area contributed by atoms with E-state index in [0.29, 0.717) is 18.4 Å². The minimum absolute atomic E-state index is 0.154. The van der Waals surface area contributed by atoms with Crippen LogP contribution in [-0.4, -0.2) is 13.2 Å². The van der Waals surface area contributed by atoms with Crippen LogP contribution in [0, 0.1) is 28.1 Å². The number of nitrogens with zero attached hydrogens (tertiary/aromatic N) is 1. The quantitative estimate of drug-likeness (QED) is 0.715. The number of allylic oxidation sites excluding steroid dienone is 1. The van der Waals surface area contributed by atoms with Crippen LogP contribution in [0.5, 0.6) is 0 Å². The van der Waals surface area contributed by atoms with E-state index in [0.717, 1.165) is 17.7 Å². The zero-order chi connectivity index (χ0) is 14.1. The van der Waals surface area contributed by atoms with Crippen LogP contribution < -0.4 is 0 Å². The molecule has 3 aliphatic rings. The van der Waals surface area contributed by atoms with Gasteiger partial charge >= 0.3 is 0 Å². The average molecular weight is 265 g/mol. The second kappa shape index (κ2) is 3.54. The van der Waals surface area contributed by atoms with Gasteiger partial charge in [0.25, 0.3) is 0 Å². The number of hydrogen-bond donors (Lipinski definition) is 0. The monoisotopic (exact) mass is 265 g/mol. The minimum Gasteiger partial charge on any atom is -0.376 e. The standard InChI is InChI=1S/C18H19NO/c1-17(2)15-12-7-5-4-6-11(12)13(8-19)14-9-20-10-18(17,3)16(14)15/h4-7,15-16H,9-10H2,1-3H3/t15-,16?,18+/m0/s1. The summed E-state index contributed by atoms with van der Waals surface area (Å²) in [5.41, 5.74) is 4.96. The van der Waals surface area contributed by atoms with Crippen molar-refractivity contribution in [2.75, 3.05) is 13.2 Å². The van der Waals surface area contributed by atoms with Crippen molar-refractivity contribution in [3.8, 4) is 6.07 Å². The molecule has 102 valence electrons. The Morgan fingerprint density at radius 2 is 1.95 bits per heavy atom. The molecule has 2 heteroatoms. The zero-order valence-electron chi connectivity index (χ0n) is 12.2. The van der Waals surface area contributed by atoms with Gasteiger partial charge < -0.3 is 4.74 Å². The van der Waals surface area contributed by atoms with Crippen LogP contribution in [0.4, 0.5) is 0 Å². The van der Waals surface area contributed by atoms with Crippen LogP contribution in [0.1, 0.15) is 37.8 Å². The summed E-state index contributed by atoms with van der Waals surface area (Å²) in [6.45, 7) is 8.48. The average Bonchev–Trinajstić information content (AvgIpc) is 2.45. The molecule has 20 heavy (non-hydrogen) atoms. The lowest BCUT2D eigenvalue weighted by Gasteiger charge is -2.70. The summed E-state index contributed by atoms with van der Waals surface area (Å²) in [5.74, 6) is 1.01. The Morgan fingerprint density at radius 3 is 2.70 bits per heavy atom. The molecule has 1 aliphatic heterocycles. The normalized spacial score (nSPS) is 36.5. The second-order valence-corrected chi connectivity index (χ2v) is 7.19. The molecular formula is C18H19NO. The van der Waals surface area contributed by atoms with Gasteiger partial charge in [0.2, 0.25) is 0 Å².